The topological polar surface area (TPSA) is 47.0 Å². The van der Waals surface area contributed by atoms with E-state index in [0.29, 0.717) is 29.1 Å². The van der Waals surface area contributed by atoms with Crippen LogP contribution in [-0.2, 0) is 4.74 Å². The summed E-state index contributed by atoms with van der Waals surface area (Å²) < 4.78 is 5.39. The molecule has 0 aromatic carbocycles. The Labute approximate surface area is 105 Å². The maximum Gasteiger partial charge on any atom is 0.174 e. The van der Waals surface area contributed by atoms with Crippen LogP contribution in [0.3, 0.4) is 0 Å². The molecule has 0 unspecified atom stereocenters. The fraction of sp³-hybridized carbons (Fsp3) is 0.600. The third-order valence-corrected chi connectivity index (χ3v) is 2.39. The summed E-state index contributed by atoms with van der Waals surface area (Å²) in [4.78, 5) is 0. The number of hydrogen-bond acceptors (Lipinski definition) is 4. The fourth-order valence-corrected chi connectivity index (χ4v) is 1.39. The zero-order valence-corrected chi connectivity index (χ0v) is 10.7. The van der Waals surface area contributed by atoms with Gasteiger partial charge in [0.1, 0.15) is 0 Å². The molecule has 1 heterocycles. The van der Waals surface area contributed by atoms with Gasteiger partial charge >= 0.3 is 0 Å². The Hall–Kier alpha value is -0.580. The molecule has 0 aliphatic rings. The van der Waals surface area contributed by atoms with E-state index in [2.05, 4.69) is 22.4 Å². The number of hydrogen-bond donors (Lipinski definition) is 1. The van der Waals surface area contributed by atoms with E-state index in [-0.39, 0.29) is 0 Å². The molecule has 0 saturated carbocycles. The smallest absolute Gasteiger partial charge is 0.174 e. The van der Waals surface area contributed by atoms with Crippen molar-refractivity contribution in [2.24, 2.45) is 0 Å². The third kappa shape index (κ3) is 4.96. The van der Waals surface area contributed by atoms with Gasteiger partial charge in [-0.1, -0.05) is 36.5 Å². The third-order valence-electron chi connectivity index (χ3n) is 1.92. The SMILES string of the molecule is CCCCOCCNc1cc(Cl)nnc1Cl. The van der Waals surface area contributed by atoms with Crippen molar-refractivity contribution in [1.29, 1.82) is 0 Å². The Morgan fingerprint density at radius 2 is 2.12 bits per heavy atom. The lowest BCUT2D eigenvalue weighted by Gasteiger charge is -2.07. The van der Waals surface area contributed by atoms with Crippen molar-refractivity contribution in [3.05, 3.63) is 16.4 Å². The Balaban J connectivity index is 2.23. The Kier molecular flexibility index (Phi) is 6.45. The monoisotopic (exact) mass is 263 g/mol. The molecule has 0 aliphatic heterocycles. The number of ether oxygens (including phenoxy) is 1. The van der Waals surface area contributed by atoms with Crippen LogP contribution >= 0.6 is 23.2 Å². The van der Waals surface area contributed by atoms with Gasteiger partial charge in [0.15, 0.2) is 10.3 Å². The van der Waals surface area contributed by atoms with Crippen LogP contribution in [0.2, 0.25) is 10.3 Å². The molecule has 0 bridgehead atoms. The molecule has 0 atom stereocenters. The maximum absolute atomic E-state index is 5.82. The first-order valence-electron chi connectivity index (χ1n) is 5.24. The van der Waals surface area contributed by atoms with Crippen LogP contribution in [0.5, 0.6) is 0 Å². The number of rotatable bonds is 7. The standard InChI is InChI=1S/C10H15Cl2N3O/c1-2-3-5-16-6-4-13-8-7-9(11)14-15-10(8)12/h7H,2-6H2,1H3,(H,13,14). The van der Waals surface area contributed by atoms with Crippen molar-refractivity contribution < 1.29 is 4.74 Å². The molecule has 16 heavy (non-hydrogen) atoms. The molecular formula is C10H15Cl2N3O. The van der Waals surface area contributed by atoms with Crippen molar-refractivity contribution in [3.63, 3.8) is 0 Å². The number of aromatic nitrogens is 2. The Bertz CT molecular complexity index is 323. The number of unbranched alkanes of at least 4 members (excludes halogenated alkanes) is 1. The summed E-state index contributed by atoms with van der Waals surface area (Å²) in [7, 11) is 0. The van der Waals surface area contributed by atoms with Crippen molar-refractivity contribution in [1.82, 2.24) is 10.2 Å². The normalized spacial score (nSPS) is 10.4. The van der Waals surface area contributed by atoms with Crippen LogP contribution in [-0.4, -0.2) is 30.0 Å². The van der Waals surface area contributed by atoms with Gasteiger partial charge in [0.2, 0.25) is 0 Å². The predicted molar refractivity (Wildman–Crippen MR) is 66.3 cm³/mol. The summed E-state index contributed by atoms with van der Waals surface area (Å²) in [6, 6.07) is 1.64. The van der Waals surface area contributed by atoms with Crippen molar-refractivity contribution in [3.8, 4) is 0 Å². The van der Waals surface area contributed by atoms with Gasteiger partial charge in [-0.25, -0.2) is 0 Å². The first-order chi connectivity index (χ1) is 7.74. The summed E-state index contributed by atoms with van der Waals surface area (Å²) in [5, 5.41) is 11.0. The van der Waals surface area contributed by atoms with E-state index in [9.17, 15) is 0 Å². The molecule has 1 rings (SSSR count). The summed E-state index contributed by atoms with van der Waals surface area (Å²) in [5.41, 5.74) is 0.681. The van der Waals surface area contributed by atoms with E-state index in [1.807, 2.05) is 0 Å². The van der Waals surface area contributed by atoms with Gasteiger partial charge in [-0.3, -0.25) is 0 Å². The van der Waals surface area contributed by atoms with Gasteiger partial charge in [-0.05, 0) is 6.42 Å². The zero-order chi connectivity index (χ0) is 11.8. The van der Waals surface area contributed by atoms with Gasteiger partial charge < -0.3 is 10.1 Å². The lowest BCUT2D eigenvalue weighted by atomic mass is 10.4. The van der Waals surface area contributed by atoms with E-state index < -0.39 is 0 Å². The number of nitrogens with zero attached hydrogens (tertiary/aromatic N) is 2. The molecular weight excluding hydrogens is 249 g/mol. The highest BCUT2D eigenvalue weighted by atomic mass is 35.5. The lowest BCUT2D eigenvalue weighted by molar-refractivity contribution is 0.141. The minimum absolute atomic E-state index is 0.318. The van der Waals surface area contributed by atoms with Crippen LogP contribution in [0, 0.1) is 0 Å². The summed E-state index contributed by atoms with van der Waals surface area (Å²) in [6.45, 7) is 4.23. The minimum Gasteiger partial charge on any atom is -0.380 e. The number of halogens is 2. The van der Waals surface area contributed by atoms with Gasteiger partial charge in [-0.2, -0.15) is 0 Å². The molecule has 1 N–H and O–H groups in total. The molecule has 6 heteroatoms. The molecule has 0 fully saturated rings. The zero-order valence-electron chi connectivity index (χ0n) is 9.17. The first-order valence-corrected chi connectivity index (χ1v) is 6.00. The van der Waals surface area contributed by atoms with Gasteiger partial charge in [0.25, 0.3) is 0 Å². The highest BCUT2D eigenvalue weighted by Crippen LogP contribution is 2.20. The fourth-order valence-electron chi connectivity index (χ4n) is 1.08. The predicted octanol–water partition coefficient (Wildman–Crippen LogP) is 3.01. The molecule has 1 aromatic rings. The first kappa shape index (κ1) is 13.5. The summed E-state index contributed by atoms with van der Waals surface area (Å²) in [6.07, 6.45) is 2.23. The molecule has 0 radical (unpaired) electrons. The van der Waals surface area contributed by atoms with Crippen LogP contribution in [0.15, 0.2) is 6.07 Å². The lowest BCUT2D eigenvalue weighted by Crippen LogP contribution is -2.10. The highest BCUT2D eigenvalue weighted by molar-refractivity contribution is 6.33. The van der Waals surface area contributed by atoms with E-state index in [1.54, 1.807) is 6.07 Å². The van der Waals surface area contributed by atoms with Crippen molar-refractivity contribution in [2.45, 2.75) is 19.8 Å². The van der Waals surface area contributed by atoms with Crippen LogP contribution in [0.25, 0.3) is 0 Å². The summed E-state index contributed by atoms with van der Waals surface area (Å²) >= 11 is 11.5. The molecule has 0 aliphatic carbocycles. The minimum atomic E-state index is 0.318. The molecule has 4 nitrogen and oxygen atoms in total. The van der Waals surface area contributed by atoms with Crippen molar-refractivity contribution >= 4 is 28.9 Å². The van der Waals surface area contributed by atoms with Gasteiger partial charge in [-0.15, -0.1) is 10.2 Å². The van der Waals surface area contributed by atoms with E-state index in [0.717, 1.165) is 19.4 Å². The largest absolute Gasteiger partial charge is 0.380 e. The number of nitrogens with one attached hydrogen (secondary N) is 1. The maximum atomic E-state index is 5.82. The summed E-state index contributed by atoms with van der Waals surface area (Å²) in [5.74, 6) is 0. The van der Waals surface area contributed by atoms with Crippen LogP contribution in [0.1, 0.15) is 19.8 Å². The molecule has 90 valence electrons. The number of anilines is 1. The van der Waals surface area contributed by atoms with Crippen molar-refractivity contribution in [2.75, 3.05) is 25.1 Å². The average Bonchev–Trinajstić information content (AvgIpc) is 2.28. The highest BCUT2D eigenvalue weighted by Gasteiger charge is 2.02. The van der Waals surface area contributed by atoms with Gasteiger partial charge in [0, 0.05) is 19.2 Å². The second-order valence-electron chi connectivity index (χ2n) is 3.26. The quantitative estimate of drug-likeness (QED) is 0.769. The Morgan fingerprint density at radius 3 is 2.88 bits per heavy atom. The van der Waals surface area contributed by atoms with Gasteiger partial charge in [0.05, 0.1) is 12.3 Å². The molecule has 0 amide bonds. The second-order valence-corrected chi connectivity index (χ2v) is 4.01. The molecule has 0 saturated heterocycles. The van der Waals surface area contributed by atoms with E-state index in [4.69, 9.17) is 27.9 Å². The molecule has 1 aromatic heterocycles. The van der Waals surface area contributed by atoms with Crippen LogP contribution < -0.4 is 5.32 Å². The second kappa shape index (κ2) is 7.65. The van der Waals surface area contributed by atoms with Crippen LogP contribution in [0.4, 0.5) is 5.69 Å². The molecule has 0 spiro atoms. The van der Waals surface area contributed by atoms with E-state index in [1.165, 1.54) is 0 Å². The van der Waals surface area contributed by atoms with E-state index >= 15 is 0 Å². The Morgan fingerprint density at radius 1 is 1.31 bits per heavy atom. The average molecular weight is 264 g/mol.